The summed E-state index contributed by atoms with van der Waals surface area (Å²) in [6, 6.07) is 0. The molecule has 0 aliphatic heterocycles. The molecule has 0 nitrogen and oxygen atoms in total. The van der Waals surface area contributed by atoms with Crippen molar-refractivity contribution in [2.45, 2.75) is 41.0 Å². The average molecular weight is 140 g/mol. The topological polar surface area (TPSA) is 0 Å². The van der Waals surface area contributed by atoms with E-state index in [1.165, 1.54) is 6.42 Å². The molecule has 0 spiro atoms. The van der Waals surface area contributed by atoms with Crippen molar-refractivity contribution >= 4 is 0 Å². The van der Waals surface area contributed by atoms with Crippen LogP contribution in [-0.2, 0) is 0 Å². The van der Waals surface area contributed by atoms with E-state index in [0.29, 0.717) is 5.41 Å². The molecule has 0 aromatic rings. The van der Waals surface area contributed by atoms with E-state index < -0.39 is 0 Å². The quantitative estimate of drug-likeness (QED) is 0.524. The van der Waals surface area contributed by atoms with Crippen LogP contribution in [0.4, 0.5) is 0 Å². The zero-order chi connectivity index (χ0) is 7.94. The van der Waals surface area contributed by atoms with E-state index in [0.717, 1.165) is 17.8 Å². The largest absolute Gasteiger partial charge is 0.0651 e. The van der Waals surface area contributed by atoms with Crippen molar-refractivity contribution < 1.29 is 0 Å². The van der Waals surface area contributed by atoms with Gasteiger partial charge in [-0.1, -0.05) is 41.0 Å². The lowest BCUT2D eigenvalue weighted by Gasteiger charge is -2.56. The second-order valence-corrected chi connectivity index (χ2v) is 4.48. The third kappa shape index (κ3) is 0.810. The van der Waals surface area contributed by atoms with E-state index >= 15 is 0 Å². The molecule has 1 aliphatic carbocycles. The van der Waals surface area contributed by atoms with Crippen LogP contribution in [0.5, 0.6) is 0 Å². The second kappa shape index (κ2) is 2.25. The Labute approximate surface area is 65.0 Å². The van der Waals surface area contributed by atoms with Gasteiger partial charge in [0, 0.05) is 0 Å². The standard InChI is InChI=1S/C10H20/c1-6-9-7(2)8(3)10(9,4)5/h7-9H,6H2,1-5H3. The Kier molecular flexibility index (Phi) is 1.82. The summed E-state index contributed by atoms with van der Waals surface area (Å²) in [6.45, 7) is 11.9. The van der Waals surface area contributed by atoms with Crippen LogP contribution in [0.3, 0.4) is 0 Å². The van der Waals surface area contributed by atoms with Gasteiger partial charge in [-0.3, -0.25) is 0 Å². The predicted octanol–water partition coefficient (Wildman–Crippen LogP) is 3.32. The second-order valence-electron chi connectivity index (χ2n) is 4.48. The summed E-state index contributed by atoms with van der Waals surface area (Å²) < 4.78 is 0. The summed E-state index contributed by atoms with van der Waals surface area (Å²) in [5.74, 6) is 2.86. The van der Waals surface area contributed by atoms with Gasteiger partial charge in [-0.05, 0) is 23.2 Å². The van der Waals surface area contributed by atoms with Crippen LogP contribution in [0.15, 0.2) is 0 Å². The molecule has 0 heteroatoms. The molecule has 3 unspecified atom stereocenters. The van der Waals surface area contributed by atoms with E-state index in [1.807, 2.05) is 0 Å². The van der Waals surface area contributed by atoms with E-state index in [9.17, 15) is 0 Å². The normalized spacial score (nSPS) is 44.7. The van der Waals surface area contributed by atoms with Gasteiger partial charge in [0.2, 0.25) is 0 Å². The van der Waals surface area contributed by atoms with Gasteiger partial charge in [0.15, 0.2) is 0 Å². The predicted molar refractivity (Wildman–Crippen MR) is 45.9 cm³/mol. The Morgan fingerprint density at radius 2 is 1.70 bits per heavy atom. The summed E-state index contributed by atoms with van der Waals surface area (Å²) >= 11 is 0. The summed E-state index contributed by atoms with van der Waals surface area (Å²) in [7, 11) is 0. The van der Waals surface area contributed by atoms with Crippen molar-refractivity contribution in [3.63, 3.8) is 0 Å². The van der Waals surface area contributed by atoms with Gasteiger partial charge in [0.05, 0.1) is 0 Å². The molecule has 1 aliphatic rings. The summed E-state index contributed by atoms with van der Waals surface area (Å²) in [6.07, 6.45) is 1.36. The molecule has 0 radical (unpaired) electrons. The minimum absolute atomic E-state index is 0.619. The van der Waals surface area contributed by atoms with Gasteiger partial charge < -0.3 is 0 Å². The van der Waals surface area contributed by atoms with Crippen molar-refractivity contribution in [3.05, 3.63) is 0 Å². The third-order valence-corrected chi connectivity index (χ3v) is 3.99. The lowest BCUT2D eigenvalue weighted by atomic mass is 9.49. The van der Waals surface area contributed by atoms with Crippen LogP contribution in [0.1, 0.15) is 41.0 Å². The van der Waals surface area contributed by atoms with Crippen LogP contribution in [0.2, 0.25) is 0 Å². The Bertz CT molecular complexity index is 124. The highest BCUT2D eigenvalue weighted by atomic mass is 14.5. The Hall–Kier alpha value is 0. The molecule has 1 saturated carbocycles. The van der Waals surface area contributed by atoms with Crippen LogP contribution in [-0.4, -0.2) is 0 Å². The number of hydrogen-bond donors (Lipinski definition) is 0. The molecule has 1 rings (SSSR count). The minimum Gasteiger partial charge on any atom is -0.0651 e. The molecule has 0 N–H and O–H groups in total. The van der Waals surface area contributed by atoms with Crippen LogP contribution in [0, 0.1) is 23.2 Å². The van der Waals surface area contributed by atoms with E-state index in [4.69, 9.17) is 0 Å². The fourth-order valence-electron chi connectivity index (χ4n) is 2.82. The first-order valence-corrected chi connectivity index (χ1v) is 4.51. The minimum atomic E-state index is 0.619. The lowest BCUT2D eigenvalue weighted by Crippen LogP contribution is -2.50. The Balaban J connectivity index is 2.61. The van der Waals surface area contributed by atoms with Gasteiger partial charge >= 0.3 is 0 Å². The summed E-state index contributed by atoms with van der Waals surface area (Å²) in [4.78, 5) is 0. The maximum absolute atomic E-state index is 2.41. The van der Waals surface area contributed by atoms with Gasteiger partial charge in [0.1, 0.15) is 0 Å². The molecular formula is C10H20. The number of hydrogen-bond acceptors (Lipinski definition) is 0. The summed E-state index contributed by atoms with van der Waals surface area (Å²) in [5, 5.41) is 0. The lowest BCUT2D eigenvalue weighted by molar-refractivity contribution is -0.0784. The first kappa shape index (κ1) is 8.10. The van der Waals surface area contributed by atoms with Gasteiger partial charge in [0.25, 0.3) is 0 Å². The Morgan fingerprint density at radius 1 is 1.20 bits per heavy atom. The first-order chi connectivity index (χ1) is 4.51. The van der Waals surface area contributed by atoms with Crippen molar-refractivity contribution in [3.8, 4) is 0 Å². The van der Waals surface area contributed by atoms with Gasteiger partial charge in [-0.25, -0.2) is 0 Å². The molecule has 0 heterocycles. The fourth-order valence-corrected chi connectivity index (χ4v) is 2.82. The first-order valence-electron chi connectivity index (χ1n) is 4.51. The highest BCUT2D eigenvalue weighted by molar-refractivity contribution is 4.98. The van der Waals surface area contributed by atoms with Crippen LogP contribution in [0.25, 0.3) is 0 Å². The molecule has 0 amide bonds. The molecule has 0 bridgehead atoms. The fraction of sp³-hybridized carbons (Fsp3) is 1.00. The molecule has 60 valence electrons. The molecule has 3 atom stereocenters. The van der Waals surface area contributed by atoms with Crippen molar-refractivity contribution in [2.24, 2.45) is 23.2 Å². The monoisotopic (exact) mass is 140 g/mol. The third-order valence-electron chi connectivity index (χ3n) is 3.99. The smallest absolute Gasteiger partial charge is 0.0295 e. The number of rotatable bonds is 1. The van der Waals surface area contributed by atoms with E-state index in [-0.39, 0.29) is 0 Å². The van der Waals surface area contributed by atoms with Crippen LogP contribution < -0.4 is 0 Å². The highest BCUT2D eigenvalue weighted by Crippen LogP contribution is 2.56. The van der Waals surface area contributed by atoms with Crippen molar-refractivity contribution in [2.75, 3.05) is 0 Å². The molecule has 1 fully saturated rings. The molecule has 10 heavy (non-hydrogen) atoms. The zero-order valence-electron chi connectivity index (χ0n) is 7.94. The Morgan fingerprint density at radius 3 is 1.90 bits per heavy atom. The highest BCUT2D eigenvalue weighted by Gasteiger charge is 2.49. The summed E-state index contributed by atoms with van der Waals surface area (Å²) in [5.41, 5.74) is 0.619. The molecule has 0 aromatic heterocycles. The van der Waals surface area contributed by atoms with E-state index in [1.54, 1.807) is 0 Å². The molecular weight excluding hydrogens is 120 g/mol. The van der Waals surface area contributed by atoms with Gasteiger partial charge in [-0.15, -0.1) is 0 Å². The molecule has 0 aromatic carbocycles. The van der Waals surface area contributed by atoms with Gasteiger partial charge in [-0.2, -0.15) is 0 Å². The van der Waals surface area contributed by atoms with Crippen LogP contribution >= 0.6 is 0 Å². The zero-order valence-corrected chi connectivity index (χ0v) is 7.94. The maximum atomic E-state index is 2.41. The van der Waals surface area contributed by atoms with Crippen molar-refractivity contribution in [1.29, 1.82) is 0 Å². The van der Waals surface area contributed by atoms with Crippen molar-refractivity contribution in [1.82, 2.24) is 0 Å². The SMILES string of the molecule is CCC1C(C)C(C)C1(C)C. The maximum Gasteiger partial charge on any atom is -0.0295 e. The van der Waals surface area contributed by atoms with E-state index in [2.05, 4.69) is 34.6 Å². The average Bonchev–Trinajstić information content (AvgIpc) is 1.88. The molecule has 0 saturated heterocycles.